The summed E-state index contributed by atoms with van der Waals surface area (Å²) in [6.07, 6.45) is 4.23. The van der Waals surface area contributed by atoms with Gasteiger partial charge in [-0.15, -0.1) is 0 Å². The Labute approximate surface area is 126 Å². The monoisotopic (exact) mass is 314 g/mol. The van der Waals surface area contributed by atoms with Crippen LogP contribution >= 0.6 is 23.4 Å². The first-order valence-corrected chi connectivity index (χ1v) is 7.69. The minimum atomic E-state index is -1.07. The number of aromatic carboxylic acids is 1. The average Bonchev–Trinajstić information content (AvgIpc) is 3.19. The molecule has 0 aliphatic heterocycles. The van der Waals surface area contributed by atoms with Gasteiger partial charge in [-0.25, -0.2) is 9.59 Å². The number of thioether (sulfide) groups is 1. The maximum absolute atomic E-state index is 11.8. The summed E-state index contributed by atoms with van der Waals surface area (Å²) in [6, 6.07) is 3.80. The number of halogens is 1. The van der Waals surface area contributed by atoms with E-state index >= 15 is 0 Å². The molecule has 2 rings (SSSR count). The molecule has 1 aliphatic rings. The molecule has 1 aliphatic carbocycles. The largest absolute Gasteiger partial charge is 0.478 e. The van der Waals surface area contributed by atoms with Crippen LogP contribution in [-0.2, 0) is 0 Å². The van der Waals surface area contributed by atoms with Crippen LogP contribution in [0.5, 0.6) is 0 Å². The molecular weight excluding hydrogens is 300 g/mol. The molecule has 0 heterocycles. The third-order valence-electron chi connectivity index (χ3n) is 3.27. The molecule has 5 nitrogen and oxygen atoms in total. The smallest absolute Gasteiger partial charge is 0.335 e. The van der Waals surface area contributed by atoms with Gasteiger partial charge in [0, 0.05) is 11.3 Å². The maximum atomic E-state index is 11.8. The molecule has 1 fully saturated rings. The highest BCUT2D eigenvalue weighted by Gasteiger charge is 2.41. The van der Waals surface area contributed by atoms with Crippen LogP contribution in [0.2, 0.25) is 5.02 Å². The van der Waals surface area contributed by atoms with Gasteiger partial charge >= 0.3 is 12.0 Å². The van der Waals surface area contributed by atoms with Crippen LogP contribution < -0.4 is 10.6 Å². The summed E-state index contributed by atoms with van der Waals surface area (Å²) in [7, 11) is 0. The summed E-state index contributed by atoms with van der Waals surface area (Å²) < 4.78 is 0.171. The van der Waals surface area contributed by atoms with E-state index < -0.39 is 5.97 Å². The summed E-state index contributed by atoms with van der Waals surface area (Å²) >= 11 is 7.68. The Morgan fingerprint density at radius 3 is 2.70 bits per heavy atom. The normalized spacial score (nSPS) is 15.5. The van der Waals surface area contributed by atoms with Crippen molar-refractivity contribution >= 4 is 41.1 Å². The lowest BCUT2D eigenvalue weighted by atomic mass is 10.2. The molecule has 7 heteroatoms. The summed E-state index contributed by atoms with van der Waals surface area (Å²) in [6.45, 7) is 0.593. The Kier molecular flexibility index (Phi) is 4.45. The number of hydrogen-bond donors (Lipinski definition) is 3. The van der Waals surface area contributed by atoms with E-state index in [0.717, 1.165) is 12.8 Å². The summed E-state index contributed by atoms with van der Waals surface area (Å²) in [5.74, 6) is -1.07. The Balaban J connectivity index is 1.96. The van der Waals surface area contributed by atoms with Gasteiger partial charge in [-0.2, -0.15) is 11.8 Å². The summed E-state index contributed by atoms with van der Waals surface area (Å²) in [5.41, 5.74) is 0.366. The van der Waals surface area contributed by atoms with Crippen LogP contribution in [0.15, 0.2) is 18.2 Å². The molecule has 20 heavy (non-hydrogen) atoms. The molecule has 0 unspecified atom stereocenters. The standard InChI is InChI=1S/C13H15ClN2O3S/c1-20-13(4-5-13)7-15-12(19)16-10-6-8(11(17)18)2-3-9(10)14/h2-3,6H,4-5,7H2,1H3,(H,17,18)(H2,15,16,19). The van der Waals surface area contributed by atoms with Crippen molar-refractivity contribution in [3.8, 4) is 0 Å². The summed E-state index contributed by atoms with van der Waals surface area (Å²) in [5, 5.41) is 14.6. The van der Waals surface area contributed by atoms with E-state index in [1.807, 2.05) is 6.26 Å². The number of carbonyl (C=O) groups excluding carboxylic acids is 1. The molecule has 0 radical (unpaired) electrons. The topological polar surface area (TPSA) is 78.4 Å². The first-order valence-electron chi connectivity index (χ1n) is 6.09. The summed E-state index contributed by atoms with van der Waals surface area (Å²) in [4.78, 5) is 22.7. The van der Waals surface area contributed by atoms with Crippen LogP contribution in [0.1, 0.15) is 23.2 Å². The molecule has 0 saturated heterocycles. The predicted molar refractivity (Wildman–Crippen MR) is 80.9 cm³/mol. The van der Waals surface area contributed by atoms with E-state index in [4.69, 9.17) is 16.7 Å². The van der Waals surface area contributed by atoms with Crippen LogP contribution in [0.25, 0.3) is 0 Å². The highest BCUT2D eigenvalue weighted by atomic mass is 35.5. The van der Waals surface area contributed by atoms with Crippen molar-refractivity contribution in [3.05, 3.63) is 28.8 Å². The maximum Gasteiger partial charge on any atom is 0.335 e. The number of nitrogens with one attached hydrogen (secondary N) is 2. The Morgan fingerprint density at radius 1 is 1.45 bits per heavy atom. The molecule has 1 aromatic rings. The van der Waals surface area contributed by atoms with Gasteiger partial charge in [0.05, 0.1) is 16.3 Å². The lowest BCUT2D eigenvalue weighted by Gasteiger charge is -2.14. The fourth-order valence-electron chi connectivity index (χ4n) is 1.75. The second-order valence-corrected chi connectivity index (χ2v) is 6.38. The number of rotatable bonds is 5. The molecule has 108 valence electrons. The molecule has 3 N–H and O–H groups in total. The number of urea groups is 1. The van der Waals surface area contributed by atoms with Gasteiger partial charge in [0.15, 0.2) is 0 Å². The van der Waals surface area contributed by atoms with Crippen LogP contribution in [0.4, 0.5) is 10.5 Å². The van der Waals surface area contributed by atoms with Gasteiger partial charge in [-0.1, -0.05) is 11.6 Å². The number of carboxylic acids is 1. The van der Waals surface area contributed by atoms with E-state index in [0.29, 0.717) is 11.6 Å². The first kappa shape index (κ1) is 15.0. The lowest BCUT2D eigenvalue weighted by molar-refractivity contribution is 0.0697. The van der Waals surface area contributed by atoms with Gasteiger partial charge in [-0.3, -0.25) is 0 Å². The van der Waals surface area contributed by atoms with Crippen molar-refractivity contribution in [2.75, 3.05) is 18.1 Å². The van der Waals surface area contributed by atoms with Crippen molar-refractivity contribution in [2.24, 2.45) is 0 Å². The van der Waals surface area contributed by atoms with Crippen molar-refractivity contribution in [1.29, 1.82) is 0 Å². The molecular formula is C13H15ClN2O3S. The minimum Gasteiger partial charge on any atom is -0.478 e. The zero-order valence-corrected chi connectivity index (χ0v) is 12.5. The number of carbonyl (C=O) groups is 2. The van der Waals surface area contributed by atoms with Gasteiger partial charge in [0.25, 0.3) is 0 Å². The van der Waals surface area contributed by atoms with Gasteiger partial charge in [-0.05, 0) is 37.3 Å². The van der Waals surface area contributed by atoms with Crippen LogP contribution in [0.3, 0.4) is 0 Å². The van der Waals surface area contributed by atoms with Crippen molar-refractivity contribution in [2.45, 2.75) is 17.6 Å². The van der Waals surface area contributed by atoms with E-state index in [-0.39, 0.29) is 22.0 Å². The van der Waals surface area contributed by atoms with E-state index in [2.05, 4.69) is 10.6 Å². The fourth-order valence-corrected chi connectivity index (χ4v) is 2.65. The highest BCUT2D eigenvalue weighted by molar-refractivity contribution is 8.00. The number of hydrogen-bond acceptors (Lipinski definition) is 3. The number of carboxylic acid groups (broad SMARTS) is 1. The number of benzene rings is 1. The first-order chi connectivity index (χ1) is 9.46. The molecule has 0 bridgehead atoms. The third kappa shape index (κ3) is 3.58. The van der Waals surface area contributed by atoms with E-state index in [1.54, 1.807) is 11.8 Å². The lowest BCUT2D eigenvalue weighted by Crippen LogP contribution is -2.35. The number of amides is 2. The Morgan fingerprint density at radius 2 is 2.15 bits per heavy atom. The van der Waals surface area contributed by atoms with E-state index in [1.165, 1.54) is 18.2 Å². The second-order valence-electron chi connectivity index (χ2n) is 4.69. The van der Waals surface area contributed by atoms with E-state index in [9.17, 15) is 9.59 Å². The van der Waals surface area contributed by atoms with Crippen LogP contribution in [0, 0.1) is 0 Å². The quantitative estimate of drug-likeness (QED) is 0.780. The molecule has 0 aromatic heterocycles. The highest BCUT2D eigenvalue weighted by Crippen LogP contribution is 2.46. The molecule has 1 saturated carbocycles. The van der Waals surface area contributed by atoms with Crippen LogP contribution in [-0.4, -0.2) is 34.7 Å². The SMILES string of the molecule is CSC1(CNC(=O)Nc2cc(C(=O)O)ccc2Cl)CC1. The average molecular weight is 315 g/mol. The number of anilines is 1. The molecule has 2 amide bonds. The van der Waals surface area contributed by atoms with Gasteiger partial charge in [0.1, 0.15) is 0 Å². The fraction of sp³-hybridized carbons (Fsp3) is 0.385. The van der Waals surface area contributed by atoms with Crippen molar-refractivity contribution in [3.63, 3.8) is 0 Å². The molecule has 0 spiro atoms. The molecule has 0 atom stereocenters. The predicted octanol–water partition coefficient (Wildman–Crippen LogP) is 3.06. The Bertz CT molecular complexity index is 546. The van der Waals surface area contributed by atoms with Gasteiger partial charge < -0.3 is 15.7 Å². The minimum absolute atomic E-state index is 0.0764. The Hall–Kier alpha value is -1.40. The van der Waals surface area contributed by atoms with Crippen molar-refractivity contribution < 1.29 is 14.7 Å². The zero-order valence-electron chi connectivity index (χ0n) is 10.9. The van der Waals surface area contributed by atoms with Gasteiger partial charge in [0.2, 0.25) is 0 Å². The molecule has 1 aromatic carbocycles. The van der Waals surface area contributed by atoms with Crippen molar-refractivity contribution in [1.82, 2.24) is 5.32 Å². The second kappa shape index (κ2) is 5.93. The third-order valence-corrected chi connectivity index (χ3v) is 5.02. The zero-order chi connectivity index (χ0) is 14.8.